The zero-order chi connectivity index (χ0) is 11.9. The molecule has 0 aliphatic carbocycles. The monoisotopic (exact) mass is 226 g/mol. The van der Waals surface area contributed by atoms with Gasteiger partial charge in [-0.2, -0.15) is 13.2 Å². The molecule has 5 heteroatoms. The number of hydrogen-bond donors (Lipinski definition) is 1. The first-order valence-corrected chi connectivity index (χ1v) is 4.78. The van der Waals surface area contributed by atoms with Crippen LogP contribution in [0.3, 0.4) is 0 Å². The van der Waals surface area contributed by atoms with Gasteiger partial charge in [0.15, 0.2) is 0 Å². The second-order valence-corrected chi connectivity index (χ2v) is 3.61. The van der Waals surface area contributed by atoms with E-state index in [0.717, 1.165) is 5.57 Å². The molecule has 0 aliphatic heterocycles. The molecule has 0 aromatic heterocycles. The smallest absolute Gasteiger partial charge is 0.393 e. The first kappa shape index (κ1) is 14.5. The number of ether oxygens (including phenoxy) is 1. The highest BCUT2D eigenvalue weighted by atomic mass is 19.4. The summed E-state index contributed by atoms with van der Waals surface area (Å²) in [5, 5.41) is 9.33. The zero-order valence-electron chi connectivity index (χ0n) is 8.81. The number of halogens is 3. The summed E-state index contributed by atoms with van der Waals surface area (Å²) < 4.78 is 39.3. The molecule has 0 saturated heterocycles. The van der Waals surface area contributed by atoms with E-state index in [1.54, 1.807) is 0 Å². The number of alkyl halides is 3. The van der Waals surface area contributed by atoms with Crippen molar-refractivity contribution in [2.24, 2.45) is 0 Å². The highest BCUT2D eigenvalue weighted by Gasteiger charge is 2.27. The number of hydrogen-bond acceptors (Lipinski definition) is 2. The Kier molecular flexibility index (Phi) is 6.60. The van der Waals surface area contributed by atoms with Gasteiger partial charge in [0.1, 0.15) is 6.61 Å². The molecule has 0 rings (SSSR count). The van der Waals surface area contributed by atoms with Crippen LogP contribution in [0, 0.1) is 0 Å². The van der Waals surface area contributed by atoms with Gasteiger partial charge in [0, 0.05) is 6.61 Å². The summed E-state index contributed by atoms with van der Waals surface area (Å²) in [6.45, 7) is 4.18. The molecule has 15 heavy (non-hydrogen) atoms. The molecule has 0 aliphatic rings. The van der Waals surface area contributed by atoms with Crippen LogP contribution in [0.1, 0.15) is 26.2 Å². The number of allylic oxidation sites excluding steroid dienone is 1. The average Bonchev–Trinajstić information content (AvgIpc) is 2.07. The fourth-order valence-corrected chi connectivity index (χ4v) is 0.965. The van der Waals surface area contributed by atoms with Crippen LogP contribution in [-0.4, -0.2) is 30.6 Å². The Morgan fingerprint density at radius 2 is 2.00 bits per heavy atom. The maximum absolute atomic E-state index is 11.6. The van der Waals surface area contributed by atoms with Crippen molar-refractivity contribution in [3.8, 4) is 0 Å². The lowest BCUT2D eigenvalue weighted by molar-refractivity contribution is -0.175. The minimum absolute atomic E-state index is 0.0726. The second kappa shape index (κ2) is 6.85. The summed E-state index contributed by atoms with van der Waals surface area (Å²) in [5.41, 5.74) is 0.949. The molecule has 0 spiro atoms. The van der Waals surface area contributed by atoms with Crippen molar-refractivity contribution in [1.82, 2.24) is 0 Å². The molecular weight excluding hydrogens is 209 g/mol. The topological polar surface area (TPSA) is 29.5 Å². The molecule has 0 saturated carbocycles. The summed E-state index contributed by atoms with van der Waals surface area (Å²) in [7, 11) is 0. The van der Waals surface area contributed by atoms with Gasteiger partial charge >= 0.3 is 6.18 Å². The van der Waals surface area contributed by atoms with Crippen molar-refractivity contribution in [1.29, 1.82) is 0 Å². The molecule has 0 aromatic rings. The second-order valence-electron chi connectivity index (χ2n) is 3.61. The molecule has 0 bridgehead atoms. The maximum atomic E-state index is 11.6. The quantitative estimate of drug-likeness (QED) is 0.534. The summed E-state index contributed by atoms with van der Waals surface area (Å²) in [4.78, 5) is 0. The Bertz CT molecular complexity index is 190. The molecular formula is C10H17F3O2. The molecule has 0 fully saturated rings. The molecule has 0 amide bonds. The van der Waals surface area contributed by atoms with E-state index in [4.69, 9.17) is 0 Å². The Hall–Kier alpha value is -0.550. The van der Waals surface area contributed by atoms with Crippen LogP contribution in [0.2, 0.25) is 0 Å². The molecule has 0 heterocycles. The minimum atomic E-state index is -4.29. The van der Waals surface area contributed by atoms with E-state index in [2.05, 4.69) is 11.3 Å². The summed E-state index contributed by atoms with van der Waals surface area (Å²) in [6.07, 6.45) is -3.48. The van der Waals surface area contributed by atoms with E-state index >= 15 is 0 Å². The van der Waals surface area contributed by atoms with E-state index in [0.29, 0.717) is 12.8 Å². The zero-order valence-corrected chi connectivity index (χ0v) is 8.81. The van der Waals surface area contributed by atoms with Crippen LogP contribution >= 0.6 is 0 Å². The Morgan fingerprint density at radius 3 is 2.47 bits per heavy atom. The van der Waals surface area contributed by atoms with Crippen LogP contribution in [-0.2, 0) is 4.74 Å². The van der Waals surface area contributed by atoms with E-state index in [9.17, 15) is 18.3 Å². The Morgan fingerprint density at radius 1 is 1.40 bits per heavy atom. The largest absolute Gasteiger partial charge is 0.411 e. The number of aliphatic hydroxyl groups is 1. The average molecular weight is 226 g/mol. The van der Waals surface area contributed by atoms with Gasteiger partial charge in [0.25, 0.3) is 0 Å². The lowest BCUT2D eigenvalue weighted by atomic mass is 10.1. The third-order valence-corrected chi connectivity index (χ3v) is 1.77. The fraction of sp³-hybridized carbons (Fsp3) is 0.800. The molecule has 1 atom stereocenters. The first-order chi connectivity index (χ1) is 6.81. The van der Waals surface area contributed by atoms with Gasteiger partial charge in [-0.25, -0.2) is 0 Å². The Labute approximate surface area is 87.7 Å². The molecule has 0 radical (unpaired) electrons. The van der Waals surface area contributed by atoms with Gasteiger partial charge in [-0.1, -0.05) is 5.57 Å². The van der Waals surface area contributed by atoms with Crippen LogP contribution in [0.4, 0.5) is 13.2 Å². The van der Waals surface area contributed by atoms with Crippen LogP contribution in [0.5, 0.6) is 0 Å². The van der Waals surface area contributed by atoms with Crippen LogP contribution < -0.4 is 0 Å². The molecule has 1 unspecified atom stereocenters. The summed E-state index contributed by atoms with van der Waals surface area (Å²) in [5.74, 6) is 0. The normalized spacial score (nSPS) is 13.9. The lowest BCUT2D eigenvalue weighted by Gasteiger charge is -2.11. The highest BCUT2D eigenvalue weighted by Crippen LogP contribution is 2.15. The first-order valence-electron chi connectivity index (χ1n) is 4.78. The number of rotatable bonds is 7. The van der Waals surface area contributed by atoms with Gasteiger partial charge in [-0.3, -0.25) is 0 Å². The molecule has 1 N–H and O–H groups in total. The number of aliphatic hydroxyl groups excluding tert-OH is 1. The van der Waals surface area contributed by atoms with Crippen molar-refractivity contribution in [2.45, 2.75) is 38.5 Å². The molecule has 2 nitrogen and oxygen atoms in total. The van der Waals surface area contributed by atoms with Gasteiger partial charge < -0.3 is 9.84 Å². The minimum Gasteiger partial charge on any atom is -0.393 e. The van der Waals surface area contributed by atoms with E-state index < -0.39 is 18.9 Å². The third-order valence-electron chi connectivity index (χ3n) is 1.77. The maximum Gasteiger partial charge on any atom is 0.411 e. The van der Waals surface area contributed by atoms with Gasteiger partial charge in [-0.05, 0) is 26.2 Å². The van der Waals surface area contributed by atoms with Gasteiger partial charge in [-0.15, -0.1) is 6.58 Å². The van der Waals surface area contributed by atoms with E-state index in [1.165, 1.54) is 0 Å². The standard InChI is InChI=1S/C10H17F3O2/c1-8(2)3-4-9(14)5-6-15-7-10(11,12)13/h9,14H,1,3-7H2,2H3. The van der Waals surface area contributed by atoms with Crippen molar-refractivity contribution in [3.05, 3.63) is 12.2 Å². The van der Waals surface area contributed by atoms with Crippen molar-refractivity contribution in [3.63, 3.8) is 0 Å². The highest BCUT2D eigenvalue weighted by molar-refractivity contribution is 4.88. The van der Waals surface area contributed by atoms with Crippen molar-refractivity contribution >= 4 is 0 Å². The predicted molar refractivity (Wildman–Crippen MR) is 51.5 cm³/mol. The van der Waals surface area contributed by atoms with E-state index in [-0.39, 0.29) is 13.0 Å². The summed E-state index contributed by atoms with van der Waals surface area (Å²) in [6, 6.07) is 0. The lowest BCUT2D eigenvalue weighted by Crippen LogP contribution is -2.19. The predicted octanol–water partition coefficient (Wildman–Crippen LogP) is 2.67. The van der Waals surface area contributed by atoms with Crippen LogP contribution in [0.15, 0.2) is 12.2 Å². The van der Waals surface area contributed by atoms with Crippen molar-refractivity contribution in [2.75, 3.05) is 13.2 Å². The Balaban J connectivity index is 3.39. The SMILES string of the molecule is C=C(C)CCC(O)CCOCC(F)(F)F. The van der Waals surface area contributed by atoms with Crippen molar-refractivity contribution < 1.29 is 23.0 Å². The fourth-order valence-electron chi connectivity index (χ4n) is 0.965. The molecule has 90 valence electrons. The van der Waals surface area contributed by atoms with E-state index in [1.807, 2.05) is 6.92 Å². The van der Waals surface area contributed by atoms with Gasteiger partial charge in [0.05, 0.1) is 6.10 Å². The van der Waals surface area contributed by atoms with Crippen LogP contribution in [0.25, 0.3) is 0 Å². The summed E-state index contributed by atoms with van der Waals surface area (Å²) >= 11 is 0. The molecule has 0 aromatic carbocycles. The third kappa shape index (κ3) is 11.4. The van der Waals surface area contributed by atoms with Gasteiger partial charge in [0.2, 0.25) is 0 Å².